The van der Waals surface area contributed by atoms with Crippen LogP contribution in [0.1, 0.15) is 16.1 Å². The average molecular weight is 311 g/mol. The number of allylic oxidation sites excluding steroid dienone is 1. The molecule has 0 aliphatic rings. The normalized spacial score (nSPS) is 10.3. The maximum atomic E-state index is 12.1. The highest BCUT2D eigenvalue weighted by molar-refractivity contribution is 6.36. The molecule has 2 rings (SSSR count). The Morgan fingerprint density at radius 1 is 1.45 bits per heavy atom. The standard InChI is InChI=1S/C14H12Cl2N2O2/c1-3-6-18-13(7-9(2)17-18)20-14(19)11-5-4-10(15)8-12(11)16/h3-5,7-8H,1,6H2,2H3. The Labute approximate surface area is 126 Å². The molecule has 0 atom stereocenters. The number of hydrogen-bond acceptors (Lipinski definition) is 3. The monoisotopic (exact) mass is 310 g/mol. The van der Waals surface area contributed by atoms with E-state index in [0.29, 0.717) is 17.4 Å². The van der Waals surface area contributed by atoms with Crippen LogP contribution in [0.3, 0.4) is 0 Å². The Hall–Kier alpha value is -1.78. The Bertz CT molecular complexity index is 665. The highest BCUT2D eigenvalue weighted by atomic mass is 35.5. The molecule has 1 aromatic heterocycles. The molecule has 1 aromatic carbocycles. The lowest BCUT2D eigenvalue weighted by molar-refractivity contribution is 0.0719. The number of carbonyl (C=O) groups excluding carboxylic acids is 1. The van der Waals surface area contributed by atoms with Crippen LogP contribution in [-0.4, -0.2) is 15.7 Å². The number of aromatic nitrogens is 2. The fraction of sp³-hybridized carbons (Fsp3) is 0.143. The minimum Gasteiger partial charge on any atom is -0.404 e. The molecule has 0 N–H and O–H groups in total. The number of nitrogens with zero attached hydrogens (tertiary/aromatic N) is 2. The summed E-state index contributed by atoms with van der Waals surface area (Å²) in [5.41, 5.74) is 0.997. The maximum Gasteiger partial charge on any atom is 0.346 e. The quantitative estimate of drug-likeness (QED) is 0.635. The van der Waals surface area contributed by atoms with Crippen LogP contribution >= 0.6 is 23.2 Å². The van der Waals surface area contributed by atoms with Gasteiger partial charge in [0, 0.05) is 11.1 Å². The largest absolute Gasteiger partial charge is 0.404 e. The predicted molar refractivity (Wildman–Crippen MR) is 78.6 cm³/mol. The number of esters is 1. The van der Waals surface area contributed by atoms with Gasteiger partial charge < -0.3 is 4.74 Å². The molecule has 0 radical (unpaired) electrons. The van der Waals surface area contributed by atoms with Gasteiger partial charge in [0.25, 0.3) is 0 Å². The van der Waals surface area contributed by atoms with Crippen LogP contribution < -0.4 is 4.74 Å². The van der Waals surface area contributed by atoms with Gasteiger partial charge in [-0.05, 0) is 25.1 Å². The first-order valence-corrected chi connectivity index (χ1v) is 6.59. The van der Waals surface area contributed by atoms with Crippen LogP contribution in [0.25, 0.3) is 0 Å². The number of benzene rings is 1. The molecular weight excluding hydrogens is 299 g/mol. The lowest BCUT2D eigenvalue weighted by Gasteiger charge is -2.07. The van der Waals surface area contributed by atoms with Gasteiger partial charge in [-0.2, -0.15) is 5.10 Å². The first kappa shape index (κ1) is 14.6. The van der Waals surface area contributed by atoms with E-state index in [1.807, 2.05) is 6.92 Å². The molecule has 0 unspecified atom stereocenters. The molecule has 1 heterocycles. The summed E-state index contributed by atoms with van der Waals surface area (Å²) in [5, 5.41) is 4.90. The van der Waals surface area contributed by atoms with Gasteiger partial charge in [0.05, 0.1) is 22.8 Å². The van der Waals surface area contributed by atoms with Crippen molar-refractivity contribution < 1.29 is 9.53 Å². The Morgan fingerprint density at radius 3 is 2.85 bits per heavy atom. The molecule has 6 heteroatoms. The summed E-state index contributed by atoms with van der Waals surface area (Å²) >= 11 is 11.8. The Kier molecular flexibility index (Phi) is 4.47. The fourth-order valence-corrected chi connectivity index (χ4v) is 2.15. The van der Waals surface area contributed by atoms with Gasteiger partial charge in [-0.15, -0.1) is 6.58 Å². The molecule has 0 aliphatic heterocycles. The summed E-state index contributed by atoms with van der Waals surface area (Å²) in [7, 11) is 0. The van der Waals surface area contributed by atoms with E-state index in [2.05, 4.69) is 11.7 Å². The van der Waals surface area contributed by atoms with Gasteiger partial charge in [0.1, 0.15) is 0 Å². The van der Waals surface area contributed by atoms with E-state index in [1.165, 1.54) is 12.1 Å². The van der Waals surface area contributed by atoms with Crippen molar-refractivity contribution in [1.29, 1.82) is 0 Å². The second-order valence-corrected chi connectivity index (χ2v) is 4.95. The van der Waals surface area contributed by atoms with E-state index < -0.39 is 5.97 Å². The fourth-order valence-electron chi connectivity index (χ4n) is 1.66. The Balaban J connectivity index is 2.25. The lowest BCUT2D eigenvalue weighted by Crippen LogP contribution is -2.12. The third-order valence-electron chi connectivity index (χ3n) is 2.52. The van der Waals surface area contributed by atoms with Gasteiger partial charge in [-0.25, -0.2) is 9.48 Å². The van der Waals surface area contributed by atoms with E-state index in [1.54, 1.807) is 22.9 Å². The number of rotatable bonds is 4. The zero-order chi connectivity index (χ0) is 14.7. The van der Waals surface area contributed by atoms with Crippen molar-refractivity contribution in [3.05, 3.63) is 58.2 Å². The van der Waals surface area contributed by atoms with Crippen molar-refractivity contribution in [2.45, 2.75) is 13.5 Å². The molecule has 0 fully saturated rings. The summed E-state index contributed by atoms with van der Waals surface area (Å²) in [5.74, 6) is -0.213. The van der Waals surface area contributed by atoms with Gasteiger partial charge in [-0.1, -0.05) is 29.3 Å². The molecule has 4 nitrogen and oxygen atoms in total. The summed E-state index contributed by atoms with van der Waals surface area (Å²) < 4.78 is 6.86. The Morgan fingerprint density at radius 2 is 2.20 bits per heavy atom. The second kappa shape index (κ2) is 6.11. The highest BCUT2D eigenvalue weighted by Gasteiger charge is 2.16. The number of halogens is 2. The second-order valence-electron chi connectivity index (χ2n) is 4.11. The van der Waals surface area contributed by atoms with E-state index in [9.17, 15) is 4.79 Å². The molecule has 104 valence electrons. The molecule has 2 aromatic rings. The zero-order valence-corrected chi connectivity index (χ0v) is 12.3. The van der Waals surface area contributed by atoms with Gasteiger partial charge in [0.15, 0.2) is 0 Å². The van der Waals surface area contributed by atoms with Crippen molar-refractivity contribution in [1.82, 2.24) is 9.78 Å². The molecular formula is C14H12Cl2N2O2. The summed E-state index contributed by atoms with van der Waals surface area (Å²) in [6, 6.07) is 6.27. The summed E-state index contributed by atoms with van der Waals surface area (Å²) in [6.45, 7) is 5.89. The highest BCUT2D eigenvalue weighted by Crippen LogP contribution is 2.23. The topological polar surface area (TPSA) is 44.1 Å². The number of carbonyl (C=O) groups is 1. The minimum absolute atomic E-state index is 0.244. The summed E-state index contributed by atoms with van der Waals surface area (Å²) in [6.07, 6.45) is 1.67. The van der Waals surface area contributed by atoms with Crippen LogP contribution in [0.4, 0.5) is 0 Å². The van der Waals surface area contributed by atoms with Gasteiger partial charge in [-0.3, -0.25) is 0 Å². The first-order valence-electron chi connectivity index (χ1n) is 5.84. The molecule has 0 aliphatic carbocycles. The predicted octanol–water partition coefficient (Wildman–Crippen LogP) is 3.90. The van der Waals surface area contributed by atoms with Crippen LogP contribution in [0.15, 0.2) is 36.9 Å². The van der Waals surface area contributed by atoms with E-state index in [4.69, 9.17) is 27.9 Å². The van der Waals surface area contributed by atoms with Gasteiger partial charge in [0.2, 0.25) is 5.88 Å². The van der Waals surface area contributed by atoms with Crippen molar-refractivity contribution in [2.24, 2.45) is 0 Å². The summed E-state index contributed by atoms with van der Waals surface area (Å²) in [4.78, 5) is 12.1. The molecule has 0 amide bonds. The smallest absolute Gasteiger partial charge is 0.346 e. The number of ether oxygens (including phenoxy) is 1. The third kappa shape index (κ3) is 3.21. The number of hydrogen-bond donors (Lipinski definition) is 0. The maximum absolute atomic E-state index is 12.1. The minimum atomic E-state index is -0.558. The van der Waals surface area contributed by atoms with Crippen LogP contribution in [0, 0.1) is 6.92 Å². The van der Waals surface area contributed by atoms with Crippen molar-refractivity contribution in [3.8, 4) is 5.88 Å². The van der Waals surface area contributed by atoms with Crippen LogP contribution in [-0.2, 0) is 6.54 Å². The van der Waals surface area contributed by atoms with E-state index in [-0.39, 0.29) is 10.6 Å². The molecule has 20 heavy (non-hydrogen) atoms. The van der Waals surface area contributed by atoms with E-state index >= 15 is 0 Å². The van der Waals surface area contributed by atoms with Crippen molar-refractivity contribution >= 4 is 29.2 Å². The lowest BCUT2D eigenvalue weighted by atomic mass is 10.2. The molecule has 0 saturated carbocycles. The average Bonchev–Trinajstić information content (AvgIpc) is 2.69. The van der Waals surface area contributed by atoms with Crippen LogP contribution in [0.2, 0.25) is 10.0 Å². The van der Waals surface area contributed by atoms with Crippen molar-refractivity contribution in [2.75, 3.05) is 0 Å². The third-order valence-corrected chi connectivity index (χ3v) is 3.06. The first-order chi connectivity index (χ1) is 9.51. The molecule has 0 spiro atoms. The van der Waals surface area contributed by atoms with Crippen LogP contribution in [0.5, 0.6) is 5.88 Å². The van der Waals surface area contributed by atoms with Gasteiger partial charge >= 0.3 is 5.97 Å². The molecule has 0 bridgehead atoms. The molecule has 0 saturated heterocycles. The van der Waals surface area contributed by atoms with Crippen molar-refractivity contribution in [3.63, 3.8) is 0 Å². The van der Waals surface area contributed by atoms with E-state index in [0.717, 1.165) is 5.69 Å². The SMILES string of the molecule is C=CCn1nc(C)cc1OC(=O)c1ccc(Cl)cc1Cl. The zero-order valence-electron chi connectivity index (χ0n) is 10.8. The number of aryl methyl sites for hydroxylation is 1.